The van der Waals surface area contributed by atoms with Crippen LogP contribution >= 0.6 is 0 Å². The van der Waals surface area contributed by atoms with Crippen LogP contribution in [0.5, 0.6) is 0 Å². The van der Waals surface area contributed by atoms with Gasteiger partial charge in [-0.1, -0.05) is 36.9 Å². The summed E-state index contributed by atoms with van der Waals surface area (Å²) < 4.78 is 0. The van der Waals surface area contributed by atoms with Crippen LogP contribution in [0, 0.1) is 0 Å². The van der Waals surface area contributed by atoms with Crippen molar-refractivity contribution in [2.45, 2.75) is 37.6 Å². The molecule has 1 aromatic rings. The number of hydrogen-bond acceptors (Lipinski definition) is 2. The van der Waals surface area contributed by atoms with E-state index in [0.29, 0.717) is 12.5 Å². The Labute approximate surface area is 137 Å². The highest BCUT2D eigenvalue weighted by molar-refractivity contribution is 5.95. The molecule has 0 radical (unpaired) electrons. The second kappa shape index (κ2) is 6.19. The molecule has 23 heavy (non-hydrogen) atoms. The van der Waals surface area contributed by atoms with Gasteiger partial charge in [0.2, 0.25) is 11.8 Å². The fourth-order valence-corrected chi connectivity index (χ4v) is 3.93. The van der Waals surface area contributed by atoms with E-state index < -0.39 is 5.54 Å². The molecule has 2 atom stereocenters. The van der Waals surface area contributed by atoms with Gasteiger partial charge < -0.3 is 9.80 Å². The summed E-state index contributed by atoms with van der Waals surface area (Å²) in [6, 6.07) is 10.4. The molecule has 2 saturated heterocycles. The van der Waals surface area contributed by atoms with Crippen molar-refractivity contribution in [3.63, 3.8) is 0 Å². The number of benzene rings is 1. The van der Waals surface area contributed by atoms with Crippen LogP contribution in [0.15, 0.2) is 43.0 Å². The van der Waals surface area contributed by atoms with Gasteiger partial charge in [0.05, 0.1) is 0 Å². The lowest BCUT2D eigenvalue weighted by Gasteiger charge is -2.36. The lowest BCUT2D eigenvalue weighted by atomic mass is 9.96. The third-order valence-electron chi connectivity index (χ3n) is 5.29. The summed E-state index contributed by atoms with van der Waals surface area (Å²) in [6.45, 7) is 7.62. The van der Waals surface area contributed by atoms with Crippen molar-refractivity contribution >= 4 is 11.8 Å². The molecule has 0 bridgehead atoms. The number of hydrogen-bond donors (Lipinski definition) is 0. The molecule has 2 fully saturated rings. The molecule has 2 heterocycles. The van der Waals surface area contributed by atoms with E-state index in [1.807, 2.05) is 30.0 Å². The molecule has 4 heteroatoms. The monoisotopic (exact) mass is 312 g/mol. The minimum absolute atomic E-state index is 0.0867. The lowest BCUT2D eigenvalue weighted by molar-refractivity contribution is -0.147. The van der Waals surface area contributed by atoms with Crippen LogP contribution in [0.25, 0.3) is 0 Å². The largest absolute Gasteiger partial charge is 0.340 e. The molecule has 1 aromatic carbocycles. The second-order valence-electron chi connectivity index (χ2n) is 6.72. The van der Waals surface area contributed by atoms with Crippen molar-refractivity contribution in [2.24, 2.45) is 0 Å². The first kappa shape index (κ1) is 15.8. The quantitative estimate of drug-likeness (QED) is 0.805. The number of nitrogens with zero attached hydrogens (tertiary/aromatic N) is 2. The predicted molar refractivity (Wildman–Crippen MR) is 89.9 cm³/mol. The van der Waals surface area contributed by atoms with E-state index in [1.165, 1.54) is 11.6 Å². The molecular formula is C19H24N2O2. The molecule has 0 spiro atoms. The molecule has 4 nitrogen and oxygen atoms in total. The Morgan fingerprint density at radius 3 is 2.70 bits per heavy atom. The van der Waals surface area contributed by atoms with E-state index in [-0.39, 0.29) is 11.8 Å². The average molecular weight is 312 g/mol. The molecule has 2 aliphatic heterocycles. The maximum atomic E-state index is 13.1. The van der Waals surface area contributed by atoms with Gasteiger partial charge in [0.1, 0.15) is 5.54 Å². The van der Waals surface area contributed by atoms with E-state index in [1.54, 1.807) is 4.90 Å². The zero-order chi connectivity index (χ0) is 16.4. The van der Waals surface area contributed by atoms with Crippen LogP contribution in [0.3, 0.4) is 0 Å². The van der Waals surface area contributed by atoms with Crippen molar-refractivity contribution in [1.82, 2.24) is 9.80 Å². The van der Waals surface area contributed by atoms with E-state index in [4.69, 9.17) is 0 Å². The minimum atomic E-state index is -0.711. The van der Waals surface area contributed by atoms with Crippen molar-refractivity contribution in [2.75, 3.05) is 19.6 Å². The van der Waals surface area contributed by atoms with E-state index in [2.05, 4.69) is 18.7 Å². The molecule has 122 valence electrons. The first-order valence-corrected chi connectivity index (χ1v) is 8.34. The van der Waals surface area contributed by atoms with Gasteiger partial charge in [-0.15, -0.1) is 0 Å². The Hall–Kier alpha value is -2.10. The highest BCUT2D eigenvalue weighted by atomic mass is 16.2. The fraction of sp³-hybridized carbons (Fsp3) is 0.474. The first-order valence-electron chi connectivity index (χ1n) is 8.34. The summed E-state index contributed by atoms with van der Waals surface area (Å²) in [5.41, 5.74) is 0.579. The highest BCUT2D eigenvalue weighted by Gasteiger charge is 2.48. The van der Waals surface area contributed by atoms with Crippen LogP contribution in [0.2, 0.25) is 0 Å². The summed E-state index contributed by atoms with van der Waals surface area (Å²) in [7, 11) is 0. The van der Waals surface area contributed by atoms with Crippen LogP contribution in [-0.4, -0.2) is 46.8 Å². The third-order valence-corrected chi connectivity index (χ3v) is 5.29. The summed E-state index contributed by atoms with van der Waals surface area (Å²) in [5, 5.41) is 0. The smallest absolute Gasteiger partial charge is 0.248 e. The zero-order valence-corrected chi connectivity index (χ0v) is 13.7. The number of amides is 2. The lowest BCUT2D eigenvalue weighted by Crippen LogP contribution is -2.55. The minimum Gasteiger partial charge on any atom is -0.340 e. The SMILES string of the molecule is C=CC(=O)N1CCCC1(C)C(=O)N1CCC(c2ccccc2)C1. The van der Waals surface area contributed by atoms with Crippen LogP contribution in [0.1, 0.15) is 37.7 Å². The Morgan fingerprint density at radius 1 is 1.26 bits per heavy atom. The summed E-state index contributed by atoms with van der Waals surface area (Å²) >= 11 is 0. The Kier molecular flexibility index (Phi) is 4.24. The number of carbonyl (C=O) groups excluding carboxylic acids is 2. The maximum Gasteiger partial charge on any atom is 0.248 e. The maximum absolute atomic E-state index is 13.1. The summed E-state index contributed by atoms with van der Waals surface area (Å²) in [5.74, 6) is 0.342. The van der Waals surface area contributed by atoms with Crippen molar-refractivity contribution in [1.29, 1.82) is 0 Å². The molecular weight excluding hydrogens is 288 g/mol. The van der Waals surface area contributed by atoms with Crippen molar-refractivity contribution in [3.05, 3.63) is 48.6 Å². The Balaban J connectivity index is 1.73. The normalized spacial score (nSPS) is 27.3. The van der Waals surface area contributed by atoms with Gasteiger partial charge in [0, 0.05) is 25.6 Å². The molecule has 0 N–H and O–H groups in total. The Morgan fingerprint density at radius 2 is 2.00 bits per heavy atom. The number of carbonyl (C=O) groups is 2. The van der Waals surface area contributed by atoms with Gasteiger partial charge in [-0.2, -0.15) is 0 Å². The van der Waals surface area contributed by atoms with Crippen molar-refractivity contribution in [3.8, 4) is 0 Å². The van der Waals surface area contributed by atoms with Crippen LogP contribution in [0.4, 0.5) is 0 Å². The van der Waals surface area contributed by atoms with E-state index in [0.717, 1.165) is 32.4 Å². The van der Waals surface area contributed by atoms with Gasteiger partial charge in [0.25, 0.3) is 0 Å². The van der Waals surface area contributed by atoms with Gasteiger partial charge >= 0.3 is 0 Å². The van der Waals surface area contributed by atoms with Crippen LogP contribution < -0.4 is 0 Å². The topological polar surface area (TPSA) is 40.6 Å². The average Bonchev–Trinajstić information content (AvgIpc) is 3.22. The molecule has 2 amide bonds. The number of likely N-dealkylation sites (tertiary alicyclic amines) is 2. The summed E-state index contributed by atoms with van der Waals surface area (Å²) in [4.78, 5) is 28.8. The molecule has 0 saturated carbocycles. The third kappa shape index (κ3) is 2.78. The number of rotatable bonds is 3. The zero-order valence-electron chi connectivity index (χ0n) is 13.7. The Bertz CT molecular complexity index is 613. The fourth-order valence-electron chi connectivity index (χ4n) is 3.93. The van der Waals surface area contributed by atoms with Gasteiger partial charge in [-0.05, 0) is 37.8 Å². The van der Waals surface area contributed by atoms with Crippen molar-refractivity contribution < 1.29 is 9.59 Å². The highest BCUT2D eigenvalue weighted by Crippen LogP contribution is 2.34. The van der Waals surface area contributed by atoms with Gasteiger partial charge in [-0.25, -0.2) is 0 Å². The summed E-state index contributed by atoms with van der Waals surface area (Å²) in [6.07, 6.45) is 3.91. The molecule has 3 rings (SSSR count). The first-order chi connectivity index (χ1) is 11.1. The van der Waals surface area contributed by atoms with E-state index >= 15 is 0 Å². The van der Waals surface area contributed by atoms with Gasteiger partial charge in [-0.3, -0.25) is 9.59 Å². The standard InChI is InChI=1S/C19H24N2O2/c1-3-17(22)21-12-7-11-19(21,2)18(23)20-13-10-16(14-20)15-8-5-4-6-9-15/h3-6,8-9,16H,1,7,10-14H2,2H3. The molecule has 2 aliphatic rings. The molecule has 0 aliphatic carbocycles. The molecule has 2 unspecified atom stereocenters. The van der Waals surface area contributed by atoms with E-state index in [9.17, 15) is 9.59 Å². The van der Waals surface area contributed by atoms with Gasteiger partial charge in [0.15, 0.2) is 0 Å². The molecule has 0 aromatic heterocycles. The van der Waals surface area contributed by atoms with Crippen LogP contribution in [-0.2, 0) is 9.59 Å². The predicted octanol–water partition coefficient (Wildman–Crippen LogP) is 2.57. The second-order valence-corrected chi connectivity index (χ2v) is 6.72.